The topological polar surface area (TPSA) is 38.0 Å². The van der Waals surface area contributed by atoms with Gasteiger partial charge in [-0.2, -0.15) is 0 Å². The number of benzene rings is 3. The summed E-state index contributed by atoms with van der Waals surface area (Å²) in [5.41, 5.74) is 7.85. The summed E-state index contributed by atoms with van der Waals surface area (Å²) in [6.07, 6.45) is 0. The summed E-state index contributed by atoms with van der Waals surface area (Å²) in [5, 5.41) is 5.49. The number of hydrogen-bond acceptors (Lipinski definition) is 2. The van der Waals surface area contributed by atoms with E-state index in [0.717, 1.165) is 16.5 Å². The van der Waals surface area contributed by atoms with Gasteiger partial charge >= 0.3 is 0 Å². The average molecular weight is 331 g/mol. The van der Waals surface area contributed by atoms with Gasteiger partial charge in [-0.3, -0.25) is 0 Å². The molecule has 0 radical (unpaired) electrons. The molecule has 3 rings (SSSR count). The highest BCUT2D eigenvalue weighted by Crippen LogP contribution is 2.32. The van der Waals surface area contributed by atoms with Gasteiger partial charge in [0, 0.05) is 17.1 Å². The second-order valence-electron chi connectivity index (χ2n) is 4.51. The fourth-order valence-corrected chi connectivity index (χ4v) is 2.49. The number of nitrogens with two attached hydrogens (primary N) is 1. The minimum atomic E-state index is -0.369. The molecule has 4 heteroatoms. The van der Waals surface area contributed by atoms with Crippen molar-refractivity contribution in [3.05, 3.63) is 64.9 Å². The van der Waals surface area contributed by atoms with Crippen molar-refractivity contribution in [2.75, 3.05) is 11.1 Å². The molecule has 0 amide bonds. The van der Waals surface area contributed by atoms with Crippen LogP contribution in [0.2, 0.25) is 0 Å². The van der Waals surface area contributed by atoms with E-state index in [-0.39, 0.29) is 5.82 Å². The minimum absolute atomic E-state index is 0.369. The molecule has 0 bridgehead atoms. The second-order valence-corrected chi connectivity index (χ2v) is 5.36. The van der Waals surface area contributed by atoms with Gasteiger partial charge in [-0.05, 0) is 33.4 Å². The Kier molecular flexibility index (Phi) is 3.32. The zero-order valence-corrected chi connectivity index (χ0v) is 12.1. The Hall–Kier alpha value is -2.07. The van der Waals surface area contributed by atoms with E-state index in [1.165, 1.54) is 6.07 Å². The van der Waals surface area contributed by atoms with Gasteiger partial charge < -0.3 is 11.1 Å². The van der Waals surface area contributed by atoms with Crippen molar-refractivity contribution in [3.8, 4) is 0 Å². The summed E-state index contributed by atoms with van der Waals surface area (Å²) in [5.74, 6) is -0.369. The molecule has 100 valence electrons. The number of fused-ring (bicyclic) bond motifs is 1. The molecule has 0 aromatic heterocycles. The number of hydrogen-bond donors (Lipinski definition) is 2. The molecular formula is C16H12BrFN2. The van der Waals surface area contributed by atoms with Gasteiger partial charge in [-0.1, -0.05) is 36.4 Å². The molecular weight excluding hydrogens is 319 g/mol. The number of anilines is 3. The van der Waals surface area contributed by atoms with E-state index in [1.54, 1.807) is 6.07 Å². The molecule has 0 atom stereocenters. The zero-order chi connectivity index (χ0) is 14.1. The highest BCUT2D eigenvalue weighted by atomic mass is 79.9. The van der Waals surface area contributed by atoms with E-state index < -0.39 is 0 Å². The van der Waals surface area contributed by atoms with Crippen molar-refractivity contribution in [2.24, 2.45) is 0 Å². The first-order valence-electron chi connectivity index (χ1n) is 6.14. The first-order chi connectivity index (χ1) is 9.65. The highest BCUT2D eigenvalue weighted by Gasteiger charge is 2.07. The lowest BCUT2D eigenvalue weighted by atomic mass is 10.1. The van der Waals surface area contributed by atoms with E-state index in [2.05, 4.69) is 21.2 Å². The maximum absolute atomic E-state index is 13.4. The third-order valence-electron chi connectivity index (χ3n) is 3.15. The quantitative estimate of drug-likeness (QED) is 0.644. The lowest BCUT2D eigenvalue weighted by Gasteiger charge is -2.12. The summed E-state index contributed by atoms with van der Waals surface area (Å²) in [6, 6.07) is 17.0. The maximum atomic E-state index is 13.4. The lowest BCUT2D eigenvalue weighted by Crippen LogP contribution is -1.98. The van der Waals surface area contributed by atoms with Crippen LogP contribution in [0.3, 0.4) is 0 Å². The molecule has 3 aromatic carbocycles. The van der Waals surface area contributed by atoms with Crippen LogP contribution in [-0.4, -0.2) is 0 Å². The summed E-state index contributed by atoms with van der Waals surface area (Å²) < 4.78 is 13.8. The molecule has 0 unspecified atom stereocenters. The van der Waals surface area contributed by atoms with Gasteiger partial charge in [-0.15, -0.1) is 0 Å². The van der Waals surface area contributed by atoms with Gasteiger partial charge in [0.15, 0.2) is 0 Å². The molecule has 3 aromatic rings. The molecule has 0 saturated carbocycles. The van der Waals surface area contributed by atoms with Crippen molar-refractivity contribution in [3.63, 3.8) is 0 Å². The Morgan fingerprint density at radius 1 is 0.950 bits per heavy atom. The fraction of sp³-hybridized carbons (Fsp3) is 0. The largest absolute Gasteiger partial charge is 0.397 e. The number of nitrogens with one attached hydrogen (secondary N) is 1. The smallest absolute Gasteiger partial charge is 0.139 e. The Balaban J connectivity index is 2.08. The van der Waals surface area contributed by atoms with Crippen LogP contribution < -0.4 is 11.1 Å². The van der Waals surface area contributed by atoms with Gasteiger partial charge in [0.25, 0.3) is 0 Å². The van der Waals surface area contributed by atoms with Crippen LogP contribution in [0.4, 0.5) is 21.5 Å². The second kappa shape index (κ2) is 5.13. The predicted molar refractivity (Wildman–Crippen MR) is 85.7 cm³/mol. The van der Waals surface area contributed by atoms with Gasteiger partial charge in [-0.25, -0.2) is 4.39 Å². The van der Waals surface area contributed by atoms with E-state index >= 15 is 0 Å². The van der Waals surface area contributed by atoms with Crippen LogP contribution in [0.1, 0.15) is 0 Å². The summed E-state index contributed by atoms with van der Waals surface area (Å²) in [7, 11) is 0. The first-order valence-corrected chi connectivity index (χ1v) is 6.94. The number of nitrogen functional groups attached to an aromatic ring is 1. The molecule has 0 aliphatic carbocycles. The molecule has 0 heterocycles. The van der Waals surface area contributed by atoms with Crippen LogP contribution in [0.15, 0.2) is 59.1 Å². The molecule has 0 saturated heterocycles. The van der Waals surface area contributed by atoms with Crippen molar-refractivity contribution in [2.45, 2.75) is 0 Å². The molecule has 0 spiro atoms. The van der Waals surface area contributed by atoms with Crippen LogP contribution in [0, 0.1) is 5.82 Å². The van der Waals surface area contributed by atoms with Crippen molar-refractivity contribution < 1.29 is 4.39 Å². The van der Waals surface area contributed by atoms with Crippen molar-refractivity contribution in [1.29, 1.82) is 0 Å². The Labute approximate surface area is 124 Å². The Morgan fingerprint density at radius 2 is 1.70 bits per heavy atom. The maximum Gasteiger partial charge on any atom is 0.139 e. The standard InChI is InChI=1S/C16H12BrFN2/c17-12-8-16(14(19)9-13(12)18)20-15-7-3-5-10-4-1-2-6-11(10)15/h1-9,20H,19H2. The number of rotatable bonds is 2. The minimum Gasteiger partial charge on any atom is -0.397 e. The summed E-state index contributed by atoms with van der Waals surface area (Å²) in [6.45, 7) is 0. The average Bonchev–Trinajstić information content (AvgIpc) is 2.45. The zero-order valence-electron chi connectivity index (χ0n) is 10.5. The van der Waals surface area contributed by atoms with Crippen molar-refractivity contribution >= 4 is 43.8 Å². The van der Waals surface area contributed by atoms with Gasteiger partial charge in [0.1, 0.15) is 5.82 Å². The summed E-state index contributed by atoms with van der Waals surface area (Å²) in [4.78, 5) is 0. The van der Waals surface area contributed by atoms with Crippen LogP contribution >= 0.6 is 15.9 Å². The summed E-state index contributed by atoms with van der Waals surface area (Å²) >= 11 is 3.17. The van der Waals surface area contributed by atoms with Gasteiger partial charge in [0.05, 0.1) is 15.8 Å². The molecule has 0 aliphatic heterocycles. The molecule has 20 heavy (non-hydrogen) atoms. The van der Waals surface area contributed by atoms with Crippen molar-refractivity contribution in [1.82, 2.24) is 0 Å². The Morgan fingerprint density at radius 3 is 2.55 bits per heavy atom. The van der Waals surface area contributed by atoms with E-state index in [4.69, 9.17) is 5.73 Å². The predicted octanol–water partition coefficient (Wildman–Crippen LogP) is 5.07. The third-order valence-corrected chi connectivity index (χ3v) is 3.76. The fourth-order valence-electron chi connectivity index (χ4n) is 2.15. The van der Waals surface area contributed by atoms with E-state index in [9.17, 15) is 4.39 Å². The molecule has 0 aliphatic rings. The number of halogens is 2. The van der Waals surface area contributed by atoms with E-state index in [0.29, 0.717) is 15.8 Å². The first kappa shape index (κ1) is 12.9. The normalized spacial score (nSPS) is 10.7. The molecule has 0 fully saturated rings. The van der Waals surface area contributed by atoms with Crippen LogP contribution in [0.25, 0.3) is 10.8 Å². The molecule has 2 nitrogen and oxygen atoms in total. The molecule has 3 N–H and O–H groups in total. The monoisotopic (exact) mass is 330 g/mol. The highest BCUT2D eigenvalue weighted by molar-refractivity contribution is 9.10. The van der Waals surface area contributed by atoms with Crippen LogP contribution in [-0.2, 0) is 0 Å². The van der Waals surface area contributed by atoms with E-state index in [1.807, 2.05) is 42.5 Å². The van der Waals surface area contributed by atoms with Gasteiger partial charge in [0.2, 0.25) is 0 Å². The van der Waals surface area contributed by atoms with Crippen LogP contribution in [0.5, 0.6) is 0 Å². The third kappa shape index (κ3) is 2.34. The SMILES string of the molecule is Nc1cc(F)c(Br)cc1Nc1cccc2ccccc12. The Bertz CT molecular complexity index is 781. The lowest BCUT2D eigenvalue weighted by molar-refractivity contribution is 0.622.